The SMILES string of the molecule is C/N=C(\C=C1/C=C(N(C)CCCC(=O)NS)N(c2ccccc2)c2ccccc21)Sc1ccccc1C. The van der Waals surface area contributed by atoms with E-state index in [-0.39, 0.29) is 5.91 Å². The van der Waals surface area contributed by atoms with Gasteiger partial charge in [0.05, 0.1) is 10.7 Å². The summed E-state index contributed by atoms with van der Waals surface area (Å²) in [6, 6.07) is 27.2. The highest BCUT2D eigenvalue weighted by atomic mass is 32.2. The molecular weight excluding hydrogens is 496 g/mol. The van der Waals surface area contributed by atoms with Gasteiger partial charge in [-0.25, -0.2) is 0 Å². The lowest BCUT2D eigenvalue weighted by molar-refractivity contribution is -0.119. The Bertz CT molecular complexity index is 1330. The monoisotopic (exact) mass is 528 g/mol. The van der Waals surface area contributed by atoms with Crippen molar-refractivity contribution in [2.75, 3.05) is 25.5 Å². The standard InChI is InChI=1S/C30H32N4OS2/c1-22-12-7-10-17-27(22)37-29(31-2)20-23-21-30(33(3)19-11-18-28(35)32-36)34(24-13-5-4-6-14-24)26-16-9-8-15-25(23)26/h4-10,12-17,20-21,36H,11,18-19H2,1-3H3,(H,32,35)/b23-20+,31-29+. The van der Waals surface area contributed by atoms with Crippen LogP contribution >= 0.6 is 24.6 Å². The van der Waals surface area contributed by atoms with Crippen molar-refractivity contribution >= 4 is 52.5 Å². The number of benzene rings is 3. The van der Waals surface area contributed by atoms with E-state index in [1.165, 1.54) is 10.5 Å². The molecule has 5 nitrogen and oxygen atoms in total. The molecule has 4 rings (SSSR count). The molecule has 1 heterocycles. The average molecular weight is 529 g/mol. The molecule has 7 heteroatoms. The number of thiol groups is 1. The Balaban J connectivity index is 1.76. The highest BCUT2D eigenvalue weighted by Crippen LogP contribution is 2.42. The van der Waals surface area contributed by atoms with E-state index in [9.17, 15) is 4.79 Å². The van der Waals surface area contributed by atoms with E-state index >= 15 is 0 Å². The minimum absolute atomic E-state index is 0.0720. The fourth-order valence-electron chi connectivity index (χ4n) is 4.27. The summed E-state index contributed by atoms with van der Waals surface area (Å²) < 4.78 is 2.41. The van der Waals surface area contributed by atoms with E-state index < -0.39 is 0 Å². The number of amides is 1. The Morgan fingerprint density at radius 3 is 2.49 bits per heavy atom. The third-order valence-electron chi connectivity index (χ3n) is 6.20. The zero-order valence-electron chi connectivity index (χ0n) is 21.4. The van der Waals surface area contributed by atoms with Crippen LogP contribution in [-0.2, 0) is 4.79 Å². The summed E-state index contributed by atoms with van der Waals surface area (Å²) in [6.45, 7) is 2.84. The van der Waals surface area contributed by atoms with E-state index in [1.54, 1.807) is 11.8 Å². The predicted octanol–water partition coefficient (Wildman–Crippen LogP) is 6.87. The summed E-state index contributed by atoms with van der Waals surface area (Å²) >= 11 is 5.55. The van der Waals surface area contributed by atoms with Crippen LogP contribution in [0.2, 0.25) is 0 Å². The van der Waals surface area contributed by atoms with E-state index in [0.717, 1.165) is 39.9 Å². The van der Waals surface area contributed by atoms with Crippen LogP contribution < -0.4 is 9.62 Å². The fourth-order valence-corrected chi connectivity index (χ4v) is 5.26. The molecule has 0 radical (unpaired) electrons. The quantitative estimate of drug-likeness (QED) is 0.145. The topological polar surface area (TPSA) is 47.9 Å². The molecule has 0 bridgehead atoms. The Labute approximate surface area is 229 Å². The van der Waals surface area contributed by atoms with E-state index in [0.29, 0.717) is 12.8 Å². The molecule has 0 atom stereocenters. The molecule has 3 aromatic rings. The van der Waals surface area contributed by atoms with E-state index in [2.05, 4.69) is 131 Å². The number of aliphatic imine (C=N–C) groups is 1. The molecule has 0 unspecified atom stereocenters. The first-order chi connectivity index (χ1) is 18.0. The first kappa shape index (κ1) is 26.6. The maximum absolute atomic E-state index is 11.7. The number of allylic oxidation sites excluding steroid dienone is 2. The summed E-state index contributed by atoms with van der Waals surface area (Å²) in [7, 11) is 3.91. The first-order valence-corrected chi connectivity index (χ1v) is 13.5. The third-order valence-corrected chi connectivity index (χ3v) is 7.64. The van der Waals surface area contributed by atoms with E-state index in [4.69, 9.17) is 0 Å². The minimum atomic E-state index is -0.0720. The number of fused-ring (bicyclic) bond motifs is 1. The van der Waals surface area contributed by atoms with Crippen molar-refractivity contribution < 1.29 is 4.79 Å². The normalized spacial score (nSPS) is 14.3. The predicted molar refractivity (Wildman–Crippen MR) is 160 cm³/mol. The summed E-state index contributed by atoms with van der Waals surface area (Å²) in [5, 5.41) is 0.941. The third kappa shape index (κ3) is 6.48. The summed E-state index contributed by atoms with van der Waals surface area (Å²) in [5.74, 6) is 0.969. The number of rotatable bonds is 8. The molecule has 0 aliphatic carbocycles. The van der Waals surface area contributed by atoms with Crippen LogP contribution in [0, 0.1) is 6.92 Å². The van der Waals surface area contributed by atoms with Gasteiger partial charge in [0.15, 0.2) is 0 Å². The van der Waals surface area contributed by atoms with Crippen LogP contribution in [0.1, 0.15) is 24.0 Å². The van der Waals surface area contributed by atoms with Gasteiger partial charge in [0.2, 0.25) is 5.91 Å². The van der Waals surface area contributed by atoms with Crippen LogP contribution in [0.5, 0.6) is 0 Å². The first-order valence-electron chi connectivity index (χ1n) is 12.2. The number of hydrogen-bond donors (Lipinski definition) is 2. The van der Waals surface area contributed by atoms with Crippen molar-refractivity contribution in [3.05, 3.63) is 108 Å². The maximum Gasteiger partial charge on any atom is 0.229 e. The van der Waals surface area contributed by atoms with Crippen LogP contribution in [0.3, 0.4) is 0 Å². The molecule has 0 saturated carbocycles. The van der Waals surface area contributed by atoms with Gasteiger partial charge in [0, 0.05) is 43.2 Å². The van der Waals surface area contributed by atoms with Gasteiger partial charge >= 0.3 is 0 Å². The molecule has 0 spiro atoms. The van der Waals surface area contributed by atoms with Crippen molar-refractivity contribution in [2.24, 2.45) is 4.99 Å². The van der Waals surface area contributed by atoms with Crippen LogP contribution in [0.4, 0.5) is 11.4 Å². The summed E-state index contributed by atoms with van der Waals surface area (Å²) in [6.07, 6.45) is 5.53. The smallest absolute Gasteiger partial charge is 0.229 e. The highest BCUT2D eigenvalue weighted by Gasteiger charge is 2.26. The van der Waals surface area contributed by atoms with Crippen molar-refractivity contribution in [1.29, 1.82) is 0 Å². The Morgan fingerprint density at radius 2 is 1.76 bits per heavy atom. The molecule has 1 aliphatic heterocycles. The number of para-hydroxylation sites is 2. The average Bonchev–Trinajstić information content (AvgIpc) is 2.93. The van der Waals surface area contributed by atoms with Crippen LogP contribution in [0.15, 0.2) is 107 Å². The molecule has 37 heavy (non-hydrogen) atoms. The van der Waals surface area contributed by atoms with Crippen LogP contribution in [-0.4, -0.2) is 36.5 Å². The van der Waals surface area contributed by atoms with Crippen LogP contribution in [0.25, 0.3) is 5.57 Å². The van der Waals surface area contributed by atoms with Gasteiger partial charge in [-0.2, -0.15) is 0 Å². The van der Waals surface area contributed by atoms with Gasteiger partial charge < -0.3 is 9.62 Å². The molecular formula is C30H32N4OS2. The lowest BCUT2D eigenvalue weighted by atomic mass is 9.97. The lowest BCUT2D eigenvalue weighted by Crippen LogP contribution is -2.33. The molecule has 1 N–H and O–H groups in total. The van der Waals surface area contributed by atoms with Gasteiger partial charge in [0.1, 0.15) is 5.82 Å². The number of nitrogens with zero attached hydrogens (tertiary/aromatic N) is 3. The molecule has 190 valence electrons. The lowest BCUT2D eigenvalue weighted by Gasteiger charge is -2.38. The van der Waals surface area contributed by atoms with Gasteiger partial charge in [0.25, 0.3) is 0 Å². The molecule has 1 aliphatic rings. The number of carbonyl (C=O) groups is 1. The number of hydrogen-bond acceptors (Lipinski definition) is 6. The number of anilines is 2. The van der Waals surface area contributed by atoms with Gasteiger partial charge in [-0.15, -0.1) is 0 Å². The second-order valence-corrected chi connectivity index (χ2v) is 10.1. The summed E-state index contributed by atoms with van der Waals surface area (Å²) in [4.78, 5) is 22.0. The number of thioether (sulfide) groups is 1. The Kier molecular flexibility index (Phi) is 9.14. The molecule has 0 fully saturated rings. The highest BCUT2D eigenvalue weighted by molar-refractivity contribution is 8.14. The second kappa shape index (κ2) is 12.7. The number of carbonyl (C=O) groups excluding carboxylic acids is 1. The zero-order chi connectivity index (χ0) is 26.2. The van der Waals surface area contributed by atoms with Crippen molar-refractivity contribution in [3.8, 4) is 0 Å². The van der Waals surface area contributed by atoms with Gasteiger partial charge in [-0.1, -0.05) is 79.2 Å². The van der Waals surface area contributed by atoms with E-state index in [1.807, 2.05) is 13.1 Å². The Hall–Kier alpha value is -3.42. The zero-order valence-corrected chi connectivity index (χ0v) is 23.1. The number of aryl methyl sites for hydroxylation is 1. The minimum Gasteiger partial charge on any atom is -0.361 e. The van der Waals surface area contributed by atoms with Gasteiger partial charge in [-0.05, 0) is 60.9 Å². The van der Waals surface area contributed by atoms with Crippen molar-refractivity contribution in [2.45, 2.75) is 24.7 Å². The van der Waals surface area contributed by atoms with Crippen molar-refractivity contribution in [1.82, 2.24) is 9.62 Å². The Morgan fingerprint density at radius 1 is 1.05 bits per heavy atom. The van der Waals surface area contributed by atoms with Gasteiger partial charge in [-0.3, -0.25) is 14.7 Å². The maximum atomic E-state index is 11.7. The fraction of sp³-hybridized carbons (Fsp3) is 0.200. The molecule has 3 aromatic carbocycles. The molecule has 1 amide bonds. The van der Waals surface area contributed by atoms with Crippen molar-refractivity contribution in [3.63, 3.8) is 0 Å². The largest absolute Gasteiger partial charge is 0.361 e. The number of nitrogens with one attached hydrogen (secondary N) is 1. The molecule has 0 aromatic heterocycles. The summed E-state index contributed by atoms with van der Waals surface area (Å²) in [5.41, 5.74) is 5.66. The second-order valence-electron chi connectivity index (χ2n) is 8.78. The molecule has 0 saturated heterocycles.